The summed E-state index contributed by atoms with van der Waals surface area (Å²) in [5.74, 6) is 0.790. The molecule has 2 amide bonds. The summed E-state index contributed by atoms with van der Waals surface area (Å²) in [5.41, 5.74) is 5.23. The molecule has 1 fully saturated rings. The molecule has 1 heterocycles. The van der Waals surface area contributed by atoms with E-state index in [0.717, 1.165) is 38.4 Å². The summed E-state index contributed by atoms with van der Waals surface area (Å²) in [6.45, 7) is 7.21. The van der Waals surface area contributed by atoms with E-state index < -0.39 is 0 Å². The number of nitrogens with zero attached hydrogens (tertiary/aromatic N) is 1. The van der Waals surface area contributed by atoms with Gasteiger partial charge in [-0.1, -0.05) is 13.8 Å². The lowest BCUT2D eigenvalue weighted by atomic mass is 10.0. The van der Waals surface area contributed by atoms with Crippen molar-refractivity contribution in [2.75, 3.05) is 19.6 Å². The summed E-state index contributed by atoms with van der Waals surface area (Å²) in [5, 5.41) is 3.56. The van der Waals surface area contributed by atoms with Gasteiger partial charge in [0.25, 0.3) is 0 Å². The van der Waals surface area contributed by atoms with E-state index in [2.05, 4.69) is 19.2 Å². The van der Waals surface area contributed by atoms with E-state index in [1.165, 1.54) is 12.8 Å². The highest BCUT2D eigenvalue weighted by atomic mass is 16.2. The topological polar surface area (TPSA) is 58.4 Å². The second kappa shape index (κ2) is 6.74. The van der Waals surface area contributed by atoms with Crippen molar-refractivity contribution in [3.63, 3.8) is 0 Å². The number of hydrogen-bond donors (Lipinski definition) is 2. The predicted octanol–water partition coefficient (Wildman–Crippen LogP) is 1.56. The van der Waals surface area contributed by atoms with E-state index in [1.54, 1.807) is 4.90 Å². The van der Waals surface area contributed by atoms with Gasteiger partial charge in [0, 0.05) is 19.1 Å². The van der Waals surface area contributed by atoms with Crippen molar-refractivity contribution >= 4 is 6.03 Å². The van der Waals surface area contributed by atoms with E-state index in [9.17, 15) is 4.79 Å². The fraction of sp³-hybridized carbons (Fsp3) is 0.917. The molecule has 0 atom stereocenters. The minimum Gasteiger partial charge on any atom is -0.351 e. The summed E-state index contributed by atoms with van der Waals surface area (Å²) in [7, 11) is 0. The van der Waals surface area contributed by atoms with Crippen molar-refractivity contribution < 1.29 is 4.79 Å². The average molecular weight is 227 g/mol. The number of hydrogen-bond acceptors (Lipinski definition) is 2. The zero-order valence-electron chi connectivity index (χ0n) is 10.5. The quantitative estimate of drug-likeness (QED) is 0.700. The lowest BCUT2D eigenvalue weighted by Gasteiger charge is -2.31. The summed E-state index contributed by atoms with van der Waals surface area (Å²) >= 11 is 0. The maximum atomic E-state index is 10.9. The molecule has 16 heavy (non-hydrogen) atoms. The molecule has 94 valence electrons. The Hall–Kier alpha value is -0.770. The van der Waals surface area contributed by atoms with Crippen LogP contribution in [0.2, 0.25) is 0 Å². The normalized spacial score (nSPS) is 18.1. The van der Waals surface area contributed by atoms with Crippen LogP contribution in [0.5, 0.6) is 0 Å². The number of carbonyl (C=O) groups is 1. The Bertz CT molecular complexity index is 210. The SMILES string of the molecule is CC(C)CCCNC1CCN(C(N)=O)CC1. The van der Waals surface area contributed by atoms with Crippen LogP contribution in [0.4, 0.5) is 4.79 Å². The molecular weight excluding hydrogens is 202 g/mol. The summed E-state index contributed by atoms with van der Waals surface area (Å²) in [6, 6.07) is 0.293. The molecule has 0 radical (unpaired) electrons. The third-order valence-corrected chi connectivity index (χ3v) is 3.20. The number of nitrogens with two attached hydrogens (primary N) is 1. The Morgan fingerprint density at radius 3 is 2.56 bits per heavy atom. The monoisotopic (exact) mass is 227 g/mol. The second-order valence-electron chi connectivity index (χ2n) is 5.09. The molecule has 0 aromatic rings. The van der Waals surface area contributed by atoms with Gasteiger partial charge in [-0.05, 0) is 38.1 Å². The van der Waals surface area contributed by atoms with E-state index in [1.807, 2.05) is 0 Å². The second-order valence-corrected chi connectivity index (χ2v) is 5.09. The highest BCUT2D eigenvalue weighted by molar-refractivity contribution is 5.72. The van der Waals surface area contributed by atoms with Crippen LogP contribution in [0, 0.1) is 5.92 Å². The number of piperidine rings is 1. The zero-order valence-corrected chi connectivity index (χ0v) is 10.5. The Morgan fingerprint density at radius 1 is 1.44 bits per heavy atom. The molecule has 0 unspecified atom stereocenters. The van der Waals surface area contributed by atoms with Gasteiger partial charge in [-0.2, -0.15) is 0 Å². The first kappa shape index (κ1) is 13.3. The van der Waals surface area contributed by atoms with Gasteiger partial charge in [0.05, 0.1) is 0 Å². The molecule has 0 aromatic heterocycles. The zero-order chi connectivity index (χ0) is 12.0. The van der Waals surface area contributed by atoms with Gasteiger partial charge in [-0.25, -0.2) is 4.79 Å². The fourth-order valence-electron chi connectivity index (χ4n) is 2.12. The van der Waals surface area contributed by atoms with Crippen LogP contribution < -0.4 is 11.1 Å². The van der Waals surface area contributed by atoms with Gasteiger partial charge in [-0.3, -0.25) is 0 Å². The lowest BCUT2D eigenvalue weighted by molar-refractivity contribution is 0.185. The first-order valence-corrected chi connectivity index (χ1v) is 6.37. The van der Waals surface area contributed by atoms with E-state index in [4.69, 9.17) is 5.73 Å². The molecule has 1 rings (SSSR count). The van der Waals surface area contributed by atoms with Crippen LogP contribution in [0.1, 0.15) is 39.5 Å². The molecule has 4 nitrogen and oxygen atoms in total. The first-order chi connectivity index (χ1) is 7.59. The van der Waals surface area contributed by atoms with Crippen LogP contribution in [-0.4, -0.2) is 36.6 Å². The molecule has 0 aliphatic carbocycles. The minimum atomic E-state index is -0.279. The number of nitrogens with one attached hydrogen (secondary N) is 1. The van der Waals surface area contributed by atoms with Gasteiger partial charge in [-0.15, -0.1) is 0 Å². The molecule has 0 bridgehead atoms. The fourth-order valence-corrected chi connectivity index (χ4v) is 2.12. The Labute approximate surface area is 98.6 Å². The minimum absolute atomic E-state index is 0.279. The molecule has 0 saturated carbocycles. The number of rotatable bonds is 5. The number of likely N-dealkylation sites (tertiary alicyclic amines) is 1. The molecule has 4 heteroatoms. The van der Waals surface area contributed by atoms with E-state index in [0.29, 0.717) is 6.04 Å². The lowest BCUT2D eigenvalue weighted by Crippen LogP contribution is -2.46. The highest BCUT2D eigenvalue weighted by Crippen LogP contribution is 2.10. The van der Waals surface area contributed by atoms with Crippen LogP contribution in [0.25, 0.3) is 0 Å². The van der Waals surface area contributed by atoms with Crippen LogP contribution in [-0.2, 0) is 0 Å². The van der Waals surface area contributed by atoms with Crippen molar-refractivity contribution in [2.45, 2.75) is 45.6 Å². The van der Waals surface area contributed by atoms with Gasteiger partial charge in [0.1, 0.15) is 0 Å². The van der Waals surface area contributed by atoms with Crippen LogP contribution in [0.3, 0.4) is 0 Å². The smallest absolute Gasteiger partial charge is 0.314 e. The van der Waals surface area contributed by atoms with Crippen molar-refractivity contribution in [3.8, 4) is 0 Å². The van der Waals surface area contributed by atoms with Gasteiger partial charge >= 0.3 is 6.03 Å². The Kier molecular flexibility index (Phi) is 5.60. The third kappa shape index (κ3) is 4.84. The van der Waals surface area contributed by atoms with E-state index in [-0.39, 0.29) is 6.03 Å². The third-order valence-electron chi connectivity index (χ3n) is 3.20. The molecule has 0 aromatic carbocycles. The molecule has 3 N–H and O–H groups in total. The van der Waals surface area contributed by atoms with Gasteiger partial charge < -0.3 is 16.0 Å². The molecule has 1 saturated heterocycles. The van der Waals surface area contributed by atoms with Crippen molar-refractivity contribution in [2.24, 2.45) is 11.7 Å². The largest absolute Gasteiger partial charge is 0.351 e. The van der Waals surface area contributed by atoms with Crippen molar-refractivity contribution in [1.29, 1.82) is 0 Å². The average Bonchev–Trinajstić information content (AvgIpc) is 2.25. The maximum absolute atomic E-state index is 10.9. The number of primary amides is 1. The highest BCUT2D eigenvalue weighted by Gasteiger charge is 2.20. The number of amides is 2. The Balaban J connectivity index is 2.06. The predicted molar refractivity (Wildman–Crippen MR) is 66.3 cm³/mol. The summed E-state index contributed by atoms with van der Waals surface area (Å²) in [6.07, 6.45) is 4.59. The molecule has 1 aliphatic heterocycles. The van der Waals surface area contributed by atoms with Crippen LogP contribution in [0.15, 0.2) is 0 Å². The van der Waals surface area contributed by atoms with Crippen LogP contribution >= 0.6 is 0 Å². The van der Waals surface area contributed by atoms with Crippen molar-refractivity contribution in [3.05, 3.63) is 0 Å². The molecule has 1 aliphatic rings. The number of urea groups is 1. The summed E-state index contributed by atoms with van der Waals surface area (Å²) in [4.78, 5) is 12.7. The maximum Gasteiger partial charge on any atom is 0.314 e. The molecular formula is C12H25N3O. The Morgan fingerprint density at radius 2 is 2.06 bits per heavy atom. The standard InChI is InChI=1S/C12H25N3O/c1-10(2)4-3-7-14-11-5-8-15(9-6-11)12(13)16/h10-11,14H,3-9H2,1-2H3,(H2,13,16). The van der Waals surface area contributed by atoms with E-state index >= 15 is 0 Å². The summed E-state index contributed by atoms with van der Waals surface area (Å²) < 4.78 is 0. The van der Waals surface area contributed by atoms with Crippen molar-refractivity contribution in [1.82, 2.24) is 10.2 Å². The van der Waals surface area contributed by atoms with Gasteiger partial charge in [0.15, 0.2) is 0 Å². The number of carbonyl (C=O) groups excluding carboxylic acids is 1. The molecule has 0 spiro atoms. The van der Waals surface area contributed by atoms with Gasteiger partial charge in [0.2, 0.25) is 0 Å². The first-order valence-electron chi connectivity index (χ1n) is 6.37.